The predicted molar refractivity (Wildman–Crippen MR) is 64.1 cm³/mol. The Labute approximate surface area is 107 Å². The monoisotopic (exact) mass is 258 g/mol. The third-order valence-electron chi connectivity index (χ3n) is 2.87. The van der Waals surface area contributed by atoms with Gasteiger partial charge in [0.05, 0.1) is 12.5 Å². The Morgan fingerprint density at radius 2 is 2.21 bits per heavy atom. The minimum absolute atomic E-state index is 0.114. The molecule has 8 heteroatoms. The van der Waals surface area contributed by atoms with Crippen LogP contribution in [0.1, 0.15) is 28.4 Å². The van der Waals surface area contributed by atoms with E-state index in [1.807, 2.05) is 12.1 Å². The second kappa shape index (κ2) is 4.48. The normalized spacial score (nSPS) is 16.8. The van der Waals surface area contributed by atoms with Crippen LogP contribution < -0.4 is 10.6 Å². The van der Waals surface area contributed by atoms with Gasteiger partial charge < -0.3 is 5.32 Å². The van der Waals surface area contributed by atoms with Gasteiger partial charge in [0.15, 0.2) is 0 Å². The molecule has 0 bridgehead atoms. The van der Waals surface area contributed by atoms with E-state index in [1.54, 1.807) is 12.1 Å². The summed E-state index contributed by atoms with van der Waals surface area (Å²) in [7, 11) is 0. The fraction of sp³-hybridized carbons (Fsp3) is 0.182. The number of hydrogen-bond acceptors (Lipinski definition) is 5. The van der Waals surface area contributed by atoms with Crippen LogP contribution in [-0.4, -0.2) is 32.4 Å². The number of fused-ring (bicyclic) bond motifs is 1. The van der Waals surface area contributed by atoms with Crippen molar-refractivity contribution >= 4 is 17.8 Å². The number of aromatic amines is 1. The highest BCUT2D eigenvalue weighted by atomic mass is 16.2. The molecule has 96 valence electrons. The van der Waals surface area contributed by atoms with Crippen LogP contribution >= 0.6 is 0 Å². The van der Waals surface area contributed by atoms with Crippen LogP contribution in [-0.2, 0) is 4.79 Å². The first-order valence-corrected chi connectivity index (χ1v) is 5.67. The number of rotatable bonds is 3. The van der Waals surface area contributed by atoms with Gasteiger partial charge in [0.2, 0.25) is 5.91 Å². The quantitative estimate of drug-likeness (QED) is 0.718. The summed E-state index contributed by atoms with van der Waals surface area (Å²) in [5.41, 5.74) is 1.44. The van der Waals surface area contributed by atoms with Gasteiger partial charge in [-0.1, -0.05) is 23.3 Å². The molecule has 1 aliphatic rings. The first kappa shape index (κ1) is 11.3. The summed E-state index contributed by atoms with van der Waals surface area (Å²) in [6.45, 7) is 0. The Morgan fingerprint density at radius 3 is 3.00 bits per heavy atom. The van der Waals surface area contributed by atoms with Gasteiger partial charge in [-0.25, -0.2) is 0 Å². The molecule has 0 saturated heterocycles. The third-order valence-corrected chi connectivity index (χ3v) is 2.87. The van der Waals surface area contributed by atoms with E-state index < -0.39 is 0 Å². The molecule has 1 aromatic heterocycles. The van der Waals surface area contributed by atoms with Crippen molar-refractivity contribution in [1.29, 1.82) is 0 Å². The third kappa shape index (κ3) is 2.15. The van der Waals surface area contributed by atoms with Gasteiger partial charge in [-0.05, 0) is 16.8 Å². The highest BCUT2D eigenvalue weighted by Gasteiger charge is 2.29. The maximum atomic E-state index is 11.8. The number of hydrogen-bond donors (Lipinski definition) is 3. The first-order valence-electron chi connectivity index (χ1n) is 5.67. The van der Waals surface area contributed by atoms with Crippen LogP contribution in [0.25, 0.3) is 0 Å². The van der Waals surface area contributed by atoms with Gasteiger partial charge >= 0.3 is 0 Å². The molecule has 2 amide bonds. The molecule has 1 unspecified atom stereocenters. The zero-order chi connectivity index (χ0) is 13.2. The van der Waals surface area contributed by atoms with Crippen LogP contribution in [0.15, 0.2) is 24.3 Å². The van der Waals surface area contributed by atoms with Crippen molar-refractivity contribution in [3.05, 3.63) is 35.4 Å². The van der Waals surface area contributed by atoms with Crippen LogP contribution in [0.5, 0.6) is 0 Å². The Bertz CT molecular complexity index is 624. The Hall–Kier alpha value is -2.77. The molecule has 0 saturated carbocycles. The number of nitrogens with zero attached hydrogens (tertiary/aromatic N) is 3. The van der Waals surface area contributed by atoms with Gasteiger partial charge in [0, 0.05) is 5.56 Å². The zero-order valence-electron chi connectivity index (χ0n) is 9.75. The van der Waals surface area contributed by atoms with Gasteiger partial charge in [-0.15, -0.1) is 5.10 Å². The molecule has 1 aliphatic heterocycles. The Balaban J connectivity index is 1.71. The highest BCUT2D eigenvalue weighted by Crippen LogP contribution is 2.27. The second-order valence-electron chi connectivity index (χ2n) is 4.10. The number of amides is 2. The fourth-order valence-corrected chi connectivity index (χ4v) is 2.06. The van der Waals surface area contributed by atoms with Crippen LogP contribution in [0.2, 0.25) is 0 Å². The summed E-state index contributed by atoms with van der Waals surface area (Å²) < 4.78 is 0. The Morgan fingerprint density at radius 1 is 1.37 bits per heavy atom. The zero-order valence-corrected chi connectivity index (χ0v) is 9.75. The van der Waals surface area contributed by atoms with Gasteiger partial charge in [-0.2, -0.15) is 5.21 Å². The highest BCUT2D eigenvalue weighted by molar-refractivity contribution is 6.00. The minimum atomic E-state index is -0.324. The smallest absolute Gasteiger partial charge is 0.269 e. The van der Waals surface area contributed by atoms with Gasteiger partial charge in [-0.3, -0.25) is 14.9 Å². The molecule has 3 rings (SSSR count). The van der Waals surface area contributed by atoms with Crippen molar-refractivity contribution in [1.82, 2.24) is 25.9 Å². The molecule has 0 radical (unpaired) electrons. The molecular formula is C11H10N6O2. The van der Waals surface area contributed by atoms with E-state index in [-0.39, 0.29) is 30.2 Å². The molecule has 2 aromatic rings. The molecule has 0 fully saturated rings. The van der Waals surface area contributed by atoms with E-state index in [1.165, 1.54) is 0 Å². The van der Waals surface area contributed by atoms with Gasteiger partial charge in [0.25, 0.3) is 11.9 Å². The van der Waals surface area contributed by atoms with Crippen LogP contribution in [0.3, 0.4) is 0 Å². The van der Waals surface area contributed by atoms with Crippen molar-refractivity contribution in [2.24, 2.45) is 0 Å². The number of carbonyl (C=O) groups is 2. The first-order chi connectivity index (χ1) is 9.24. The lowest BCUT2D eigenvalue weighted by Crippen LogP contribution is -2.24. The summed E-state index contributed by atoms with van der Waals surface area (Å²) in [6.07, 6.45) is 0.122. The van der Waals surface area contributed by atoms with E-state index in [0.717, 1.165) is 5.56 Å². The number of benzene rings is 1. The van der Waals surface area contributed by atoms with E-state index in [0.29, 0.717) is 5.56 Å². The number of nitrogens with one attached hydrogen (secondary N) is 3. The van der Waals surface area contributed by atoms with Crippen LogP contribution in [0, 0.1) is 0 Å². The summed E-state index contributed by atoms with van der Waals surface area (Å²) in [5.74, 6) is -0.334. The van der Waals surface area contributed by atoms with Crippen LogP contribution in [0.4, 0.5) is 5.95 Å². The molecule has 1 atom stereocenters. The summed E-state index contributed by atoms with van der Waals surface area (Å²) >= 11 is 0. The SMILES string of the molecule is O=C(CC1NC(=O)c2ccccc21)Nc1nn[nH]n1. The molecule has 2 heterocycles. The number of aromatic nitrogens is 4. The van der Waals surface area contributed by atoms with Crippen molar-refractivity contribution in [3.63, 3.8) is 0 Å². The number of carbonyl (C=O) groups excluding carboxylic acids is 2. The standard InChI is InChI=1S/C11H10N6O2/c18-9(13-11-14-16-17-15-11)5-8-6-3-1-2-4-7(6)10(19)12-8/h1-4,8H,5H2,(H,12,19)(H2,13,14,15,16,17,18). The maximum Gasteiger partial charge on any atom is 0.269 e. The van der Waals surface area contributed by atoms with Crippen molar-refractivity contribution < 1.29 is 9.59 Å². The largest absolute Gasteiger partial charge is 0.345 e. The lowest BCUT2D eigenvalue weighted by atomic mass is 10.0. The minimum Gasteiger partial charge on any atom is -0.345 e. The van der Waals surface area contributed by atoms with Crippen molar-refractivity contribution in [2.45, 2.75) is 12.5 Å². The van der Waals surface area contributed by atoms with Crippen molar-refractivity contribution in [2.75, 3.05) is 5.32 Å². The summed E-state index contributed by atoms with van der Waals surface area (Å²) in [5, 5.41) is 18.1. The fourth-order valence-electron chi connectivity index (χ4n) is 2.06. The van der Waals surface area contributed by atoms with E-state index in [9.17, 15) is 9.59 Å². The van der Waals surface area contributed by atoms with Crippen molar-refractivity contribution in [3.8, 4) is 0 Å². The number of H-pyrrole nitrogens is 1. The summed E-state index contributed by atoms with van der Waals surface area (Å²) in [4.78, 5) is 23.5. The summed E-state index contributed by atoms with van der Waals surface area (Å²) in [6, 6.07) is 6.88. The molecule has 0 spiro atoms. The average Bonchev–Trinajstić information content (AvgIpc) is 3.00. The van der Waals surface area contributed by atoms with E-state index in [2.05, 4.69) is 31.3 Å². The number of tetrazole rings is 1. The lowest BCUT2D eigenvalue weighted by Gasteiger charge is -2.10. The predicted octanol–water partition coefficient (Wildman–Crippen LogP) is 0.0130. The second-order valence-corrected chi connectivity index (χ2v) is 4.10. The number of anilines is 1. The van der Waals surface area contributed by atoms with E-state index >= 15 is 0 Å². The molecule has 0 aliphatic carbocycles. The lowest BCUT2D eigenvalue weighted by molar-refractivity contribution is -0.116. The topological polar surface area (TPSA) is 113 Å². The molecular weight excluding hydrogens is 248 g/mol. The molecule has 8 nitrogen and oxygen atoms in total. The van der Waals surface area contributed by atoms with Gasteiger partial charge in [0.1, 0.15) is 0 Å². The molecule has 19 heavy (non-hydrogen) atoms. The maximum absolute atomic E-state index is 11.8. The molecule has 1 aromatic carbocycles. The average molecular weight is 258 g/mol. The Kier molecular flexibility index (Phi) is 2.67. The van der Waals surface area contributed by atoms with E-state index in [4.69, 9.17) is 0 Å². The molecule has 3 N–H and O–H groups in total.